The maximum absolute atomic E-state index is 11.4. The second-order valence-corrected chi connectivity index (χ2v) is 10.5. The van der Waals surface area contributed by atoms with Crippen molar-refractivity contribution in [2.75, 3.05) is 44.4 Å². The van der Waals surface area contributed by atoms with E-state index in [-0.39, 0.29) is 0 Å². The van der Waals surface area contributed by atoms with Crippen molar-refractivity contribution in [3.8, 4) is 5.75 Å². The highest BCUT2D eigenvalue weighted by Gasteiger charge is 2.26. The average molecular weight is 473 g/mol. The number of hydrogen-bond donors (Lipinski definition) is 2. The van der Waals surface area contributed by atoms with Crippen molar-refractivity contribution in [1.29, 1.82) is 0 Å². The molecule has 3 heterocycles. The lowest BCUT2D eigenvalue weighted by atomic mass is 10.1. The van der Waals surface area contributed by atoms with Crippen LogP contribution in [-0.4, -0.2) is 73.9 Å². The highest BCUT2D eigenvalue weighted by Crippen LogP contribution is 2.27. The molecule has 1 atom stereocenters. The van der Waals surface area contributed by atoms with Crippen LogP contribution in [0.15, 0.2) is 36.9 Å². The molecular weight excluding hydrogens is 440 g/mol. The van der Waals surface area contributed by atoms with Crippen molar-refractivity contribution in [2.24, 2.45) is 0 Å². The highest BCUT2D eigenvalue weighted by molar-refractivity contribution is 7.88. The summed E-state index contributed by atoms with van der Waals surface area (Å²) in [6.07, 6.45) is 8.56. The number of aryl methyl sites for hydroxylation is 1. The van der Waals surface area contributed by atoms with E-state index in [1.54, 1.807) is 19.6 Å². The van der Waals surface area contributed by atoms with Gasteiger partial charge in [0, 0.05) is 49.3 Å². The lowest BCUT2D eigenvalue weighted by molar-refractivity contribution is 0.225. The number of hydrogen-bond acceptors (Lipinski definition) is 7. The van der Waals surface area contributed by atoms with Gasteiger partial charge in [-0.05, 0) is 49.6 Å². The van der Waals surface area contributed by atoms with E-state index < -0.39 is 10.0 Å². The number of nitrogens with one attached hydrogen (secondary N) is 2. The Labute approximate surface area is 195 Å². The molecule has 10 heteroatoms. The summed E-state index contributed by atoms with van der Waals surface area (Å²) < 4.78 is 30.8. The quantitative estimate of drug-likeness (QED) is 0.492. The summed E-state index contributed by atoms with van der Waals surface area (Å²) in [4.78, 5) is 16.6. The number of aromatic nitrogens is 3. The molecule has 1 fully saturated rings. The van der Waals surface area contributed by atoms with E-state index in [1.807, 2.05) is 12.1 Å². The Kier molecular flexibility index (Phi) is 7.16. The lowest BCUT2D eigenvalue weighted by Crippen LogP contribution is -2.52. The summed E-state index contributed by atoms with van der Waals surface area (Å²) in [7, 11) is -1.56. The molecule has 3 aromatic rings. The molecule has 1 aliphatic rings. The van der Waals surface area contributed by atoms with Gasteiger partial charge >= 0.3 is 0 Å². The summed E-state index contributed by atoms with van der Waals surface area (Å²) in [5.74, 6) is 1.57. The SMILES string of the molecule is COc1cncnc1N1CCN(CCCc2c[nH]c3ccc(CNS(C)(=O)=O)cc23)CC1C. The summed E-state index contributed by atoms with van der Waals surface area (Å²) in [6, 6.07) is 6.38. The zero-order valence-electron chi connectivity index (χ0n) is 19.4. The molecule has 1 aliphatic heterocycles. The predicted molar refractivity (Wildman–Crippen MR) is 130 cm³/mol. The molecule has 1 saturated heterocycles. The zero-order valence-corrected chi connectivity index (χ0v) is 20.2. The monoisotopic (exact) mass is 472 g/mol. The number of sulfonamides is 1. The number of rotatable bonds is 9. The first-order chi connectivity index (χ1) is 15.8. The molecule has 4 rings (SSSR count). The topological polar surface area (TPSA) is 103 Å². The van der Waals surface area contributed by atoms with Crippen LogP contribution < -0.4 is 14.4 Å². The van der Waals surface area contributed by atoms with Gasteiger partial charge in [0.15, 0.2) is 11.6 Å². The normalized spacial score (nSPS) is 17.5. The van der Waals surface area contributed by atoms with Crippen LogP contribution in [0.1, 0.15) is 24.5 Å². The molecule has 1 unspecified atom stereocenters. The first-order valence-electron chi connectivity index (χ1n) is 11.2. The van der Waals surface area contributed by atoms with Crippen molar-refractivity contribution < 1.29 is 13.2 Å². The summed E-state index contributed by atoms with van der Waals surface area (Å²) in [6.45, 7) is 6.41. The fourth-order valence-electron chi connectivity index (χ4n) is 4.47. The number of fused-ring (bicyclic) bond motifs is 1. The third-order valence-electron chi connectivity index (χ3n) is 6.15. The van der Waals surface area contributed by atoms with Gasteiger partial charge in [0.1, 0.15) is 6.33 Å². The van der Waals surface area contributed by atoms with Crippen molar-refractivity contribution in [3.05, 3.63) is 48.0 Å². The Bertz CT molecular complexity index is 1200. The van der Waals surface area contributed by atoms with Crippen LogP contribution in [0.3, 0.4) is 0 Å². The highest BCUT2D eigenvalue weighted by atomic mass is 32.2. The van der Waals surface area contributed by atoms with E-state index >= 15 is 0 Å². The van der Waals surface area contributed by atoms with Crippen LogP contribution in [-0.2, 0) is 23.0 Å². The Morgan fingerprint density at radius 3 is 2.91 bits per heavy atom. The molecule has 0 bridgehead atoms. The molecule has 2 aromatic heterocycles. The van der Waals surface area contributed by atoms with Gasteiger partial charge in [-0.15, -0.1) is 0 Å². The molecule has 0 aliphatic carbocycles. The van der Waals surface area contributed by atoms with Gasteiger partial charge in [-0.2, -0.15) is 0 Å². The minimum Gasteiger partial charge on any atom is -0.491 e. The summed E-state index contributed by atoms with van der Waals surface area (Å²) >= 11 is 0. The van der Waals surface area contributed by atoms with E-state index in [0.717, 1.165) is 61.3 Å². The standard InChI is InChI=1S/C23H32N6O3S/c1-17-15-28(9-10-29(17)23-22(32-2)14-24-16-26-23)8-4-5-19-13-25-21-7-6-18(11-20(19)21)12-27-33(3,30)31/h6-7,11,13-14,16-17,25,27H,4-5,8-10,12,15H2,1-3H3. The van der Waals surface area contributed by atoms with Gasteiger partial charge in [0.2, 0.25) is 10.0 Å². The first kappa shape index (κ1) is 23.5. The number of piperazine rings is 1. The van der Waals surface area contributed by atoms with Gasteiger partial charge < -0.3 is 14.6 Å². The van der Waals surface area contributed by atoms with Crippen LogP contribution in [0.25, 0.3) is 10.9 Å². The second kappa shape index (κ2) is 10.1. The lowest BCUT2D eigenvalue weighted by Gasteiger charge is -2.40. The van der Waals surface area contributed by atoms with E-state index in [4.69, 9.17) is 4.74 Å². The van der Waals surface area contributed by atoms with Crippen molar-refractivity contribution in [1.82, 2.24) is 24.6 Å². The molecule has 0 spiro atoms. The molecular formula is C23H32N6O3S. The predicted octanol–water partition coefficient (Wildman–Crippen LogP) is 2.16. The molecule has 0 saturated carbocycles. The van der Waals surface area contributed by atoms with Gasteiger partial charge in [0.05, 0.1) is 19.6 Å². The van der Waals surface area contributed by atoms with Crippen LogP contribution in [0.5, 0.6) is 5.75 Å². The number of benzene rings is 1. The maximum Gasteiger partial charge on any atom is 0.209 e. The minimum atomic E-state index is -3.21. The molecule has 2 N–H and O–H groups in total. The van der Waals surface area contributed by atoms with Crippen LogP contribution in [0, 0.1) is 0 Å². The van der Waals surface area contributed by atoms with E-state index in [9.17, 15) is 8.42 Å². The Hall–Kier alpha value is -2.69. The van der Waals surface area contributed by atoms with E-state index in [0.29, 0.717) is 18.3 Å². The Morgan fingerprint density at radius 2 is 2.15 bits per heavy atom. The van der Waals surface area contributed by atoms with Gasteiger partial charge in [0.25, 0.3) is 0 Å². The van der Waals surface area contributed by atoms with Crippen molar-refractivity contribution >= 4 is 26.7 Å². The number of ether oxygens (including phenoxy) is 1. The van der Waals surface area contributed by atoms with Gasteiger partial charge in [-0.3, -0.25) is 4.90 Å². The molecule has 178 valence electrons. The Morgan fingerprint density at radius 1 is 1.30 bits per heavy atom. The zero-order chi connectivity index (χ0) is 23.4. The second-order valence-electron chi connectivity index (χ2n) is 8.65. The minimum absolute atomic E-state index is 0.304. The number of anilines is 1. The van der Waals surface area contributed by atoms with Crippen LogP contribution in [0.4, 0.5) is 5.82 Å². The largest absolute Gasteiger partial charge is 0.491 e. The van der Waals surface area contributed by atoms with E-state index in [2.05, 4.69) is 48.7 Å². The van der Waals surface area contributed by atoms with Crippen LogP contribution in [0.2, 0.25) is 0 Å². The van der Waals surface area contributed by atoms with Gasteiger partial charge in [-0.1, -0.05) is 6.07 Å². The molecule has 0 amide bonds. The third-order valence-corrected chi connectivity index (χ3v) is 6.82. The molecule has 1 aromatic carbocycles. The van der Waals surface area contributed by atoms with Crippen molar-refractivity contribution in [2.45, 2.75) is 32.4 Å². The van der Waals surface area contributed by atoms with Crippen molar-refractivity contribution in [3.63, 3.8) is 0 Å². The molecule has 9 nitrogen and oxygen atoms in total. The number of H-pyrrole nitrogens is 1. The fraction of sp³-hybridized carbons (Fsp3) is 0.478. The maximum atomic E-state index is 11.4. The van der Waals surface area contributed by atoms with Crippen LogP contribution >= 0.6 is 0 Å². The average Bonchev–Trinajstić information content (AvgIpc) is 3.20. The van der Waals surface area contributed by atoms with E-state index in [1.165, 1.54) is 11.8 Å². The summed E-state index contributed by atoms with van der Waals surface area (Å²) in [5.41, 5.74) is 3.30. The summed E-state index contributed by atoms with van der Waals surface area (Å²) in [5, 5.41) is 1.16. The smallest absolute Gasteiger partial charge is 0.209 e. The first-order valence-corrected chi connectivity index (χ1v) is 13.1. The molecule has 0 radical (unpaired) electrons. The third kappa shape index (κ3) is 5.82. The molecule has 33 heavy (non-hydrogen) atoms. The number of nitrogens with zero attached hydrogens (tertiary/aromatic N) is 4. The Balaban J connectivity index is 1.32. The van der Waals surface area contributed by atoms with Gasteiger partial charge in [-0.25, -0.2) is 23.1 Å². The number of aromatic amines is 1. The number of methoxy groups -OCH3 is 1. The fourth-order valence-corrected chi connectivity index (χ4v) is 4.90.